The number of nitrogens with one attached hydrogen (secondary N) is 2. The maximum atomic E-state index is 13.2. The van der Waals surface area contributed by atoms with Crippen molar-refractivity contribution in [2.75, 3.05) is 11.9 Å². The average Bonchev–Trinajstić information content (AvgIpc) is 3.70. The van der Waals surface area contributed by atoms with Gasteiger partial charge in [-0.1, -0.05) is 30.3 Å². The Balaban J connectivity index is 1.07. The van der Waals surface area contributed by atoms with Gasteiger partial charge in [0.15, 0.2) is 12.4 Å². The van der Waals surface area contributed by atoms with Crippen molar-refractivity contribution in [3.05, 3.63) is 143 Å². The Morgan fingerprint density at radius 1 is 0.851 bits per heavy atom. The second-order valence-electron chi connectivity index (χ2n) is 10.7. The van der Waals surface area contributed by atoms with E-state index in [4.69, 9.17) is 13.9 Å². The van der Waals surface area contributed by atoms with Gasteiger partial charge in [0.25, 0.3) is 5.91 Å². The Morgan fingerprint density at radius 3 is 2.36 bits per heavy atom. The highest BCUT2D eigenvalue weighted by molar-refractivity contribution is 6.03. The molecule has 47 heavy (non-hydrogen) atoms. The number of furan rings is 1. The first kappa shape index (κ1) is 30.8. The highest BCUT2D eigenvalue weighted by atomic mass is 19.1. The van der Waals surface area contributed by atoms with Crippen LogP contribution in [0, 0.1) is 19.7 Å². The van der Waals surface area contributed by atoms with Crippen LogP contribution in [0.25, 0.3) is 16.5 Å². The Hall–Kier alpha value is -6.16. The molecule has 0 aliphatic rings. The van der Waals surface area contributed by atoms with E-state index in [1.54, 1.807) is 18.2 Å². The molecule has 0 spiro atoms. The van der Waals surface area contributed by atoms with Gasteiger partial charge in [0.05, 0.1) is 6.21 Å². The summed E-state index contributed by atoms with van der Waals surface area (Å²) in [5, 5.41) is 8.54. The third-order valence-electron chi connectivity index (χ3n) is 7.41. The van der Waals surface area contributed by atoms with Gasteiger partial charge in [0, 0.05) is 28.3 Å². The summed E-state index contributed by atoms with van der Waals surface area (Å²) in [7, 11) is 0. The fourth-order valence-electron chi connectivity index (χ4n) is 5.12. The maximum Gasteiger partial charge on any atom is 0.307 e. The first-order valence-electron chi connectivity index (χ1n) is 14.8. The molecule has 0 fully saturated rings. The molecule has 4 aromatic carbocycles. The lowest BCUT2D eigenvalue weighted by Gasteiger charge is -2.12. The molecule has 0 aliphatic heterocycles. The molecule has 9 nitrogen and oxygen atoms in total. The number of carbonyl (C=O) groups excluding carboxylic acids is 2. The van der Waals surface area contributed by atoms with Crippen molar-refractivity contribution in [2.24, 2.45) is 5.10 Å². The van der Waals surface area contributed by atoms with Crippen molar-refractivity contribution < 1.29 is 27.9 Å². The second-order valence-corrected chi connectivity index (χ2v) is 10.7. The Kier molecular flexibility index (Phi) is 9.10. The zero-order valence-electron chi connectivity index (χ0n) is 25.7. The van der Waals surface area contributed by atoms with Crippen LogP contribution in [-0.2, 0) is 11.4 Å². The summed E-state index contributed by atoms with van der Waals surface area (Å²) in [6.07, 6.45) is 1.46. The van der Waals surface area contributed by atoms with Gasteiger partial charge in [-0.25, -0.2) is 9.82 Å². The number of benzene rings is 4. The SMILES string of the molecule is Cc1ccc(C)n1-c1ccc(OCc2ccc(C(=O)N/N=C/c3c(OCC(=O)Nc4ccc(F)cc4)ccc4ccccc34)o2)cc1. The number of fused-ring (bicyclic) bond motifs is 1. The molecule has 6 aromatic rings. The van der Waals surface area contributed by atoms with E-state index in [9.17, 15) is 14.0 Å². The quantitative estimate of drug-likeness (QED) is 0.115. The van der Waals surface area contributed by atoms with Crippen molar-refractivity contribution in [3.8, 4) is 17.2 Å². The van der Waals surface area contributed by atoms with Crippen LogP contribution in [0.2, 0.25) is 0 Å². The van der Waals surface area contributed by atoms with Gasteiger partial charge in [-0.15, -0.1) is 0 Å². The number of rotatable bonds is 11. The minimum Gasteiger partial charge on any atom is -0.486 e. The molecule has 6 rings (SSSR count). The molecule has 0 saturated heterocycles. The predicted octanol–water partition coefficient (Wildman–Crippen LogP) is 7.34. The summed E-state index contributed by atoms with van der Waals surface area (Å²) in [6.45, 7) is 3.97. The molecule has 0 radical (unpaired) electrons. The molecule has 0 bridgehead atoms. The van der Waals surface area contributed by atoms with Crippen LogP contribution in [-0.4, -0.2) is 29.2 Å². The van der Waals surface area contributed by atoms with Crippen molar-refractivity contribution in [1.29, 1.82) is 0 Å². The number of aryl methyl sites for hydroxylation is 2. The van der Waals surface area contributed by atoms with Gasteiger partial charge >= 0.3 is 5.91 Å². The molecule has 2 N–H and O–H groups in total. The summed E-state index contributed by atoms with van der Waals surface area (Å²) in [5.74, 6) is 0.243. The van der Waals surface area contributed by atoms with E-state index >= 15 is 0 Å². The Morgan fingerprint density at radius 2 is 1.60 bits per heavy atom. The van der Waals surface area contributed by atoms with Crippen molar-refractivity contribution in [3.63, 3.8) is 0 Å². The zero-order valence-corrected chi connectivity index (χ0v) is 25.7. The van der Waals surface area contributed by atoms with Gasteiger partial charge in [-0.05, 0) is 103 Å². The number of anilines is 1. The fourth-order valence-corrected chi connectivity index (χ4v) is 5.12. The summed E-state index contributed by atoms with van der Waals surface area (Å²) >= 11 is 0. The van der Waals surface area contributed by atoms with Crippen LogP contribution in [0.1, 0.15) is 33.3 Å². The predicted molar refractivity (Wildman–Crippen MR) is 178 cm³/mol. The zero-order chi connectivity index (χ0) is 32.8. The summed E-state index contributed by atoms with van der Waals surface area (Å²) in [5.41, 5.74) is 6.85. The smallest absolute Gasteiger partial charge is 0.307 e. The van der Waals surface area contributed by atoms with E-state index in [1.807, 2.05) is 54.6 Å². The number of aromatic nitrogens is 1. The van der Waals surface area contributed by atoms with Crippen LogP contribution in [0.15, 0.2) is 119 Å². The van der Waals surface area contributed by atoms with E-state index in [1.165, 1.54) is 30.5 Å². The molecule has 2 aromatic heterocycles. The lowest BCUT2D eigenvalue weighted by Crippen LogP contribution is -2.20. The monoisotopic (exact) mass is 630 g/mol. The van der Waals surface area contributed by atoms with Crippen LogP contribution < -0.4 is 20.2 Å². The third kappa shape index (κ3) is 7.39. The molecule has 0 aliphatic carbocycles. The van der Waals surface area contributed by atoms with Crippen molar-refractivity contribution in [1.82, 2.24) is 9.99 Å². The molecular formula is C37H31FN4O5. The van der Waals surface area contributed by atoms with Crippen LogP contribution >= 0.6 is 0 Å². The van der Waals surface area contributed by atoms with Crippen LogP contribution in [0.4, 0.5) is 10.1 Å². The van der Waals surface area contributed by atoms with Gasteiger partial charge in [0.1, 0.15) is 29.7 Å². The standard InChI is InChI=1S/C37H31FN4O5/c1-24-7-8-25(2)42(24)29-14-16-30(17-15-29)45-22-31-18-20-35(47-31)37(44)41-39-21-33-32-6-4-3-5-26(32)9-19-34(33)46-23-36(43)40-28-12-10-27(38)11-13-28/h3-21H,22-23H2,1-2H3,(H,40,43)(H,41,44)/b39-21+. The van der Waals surface area contributed by atoms with Crippen molar-refractivity contribution in [2.45, 2.75) is 20.5 Å². The minimum absolute atomic E-state index is 0.0708. The largest absolute Gasteiger partial charge is 0.486 e. The number of hydrogen-bond donors (Lipinski definition) is 2. The molecule has 2 heterocycles. The van der Waals surface area contributed by atoms with E-state index in [-0.39, 0.29) is 19.0 Å². The molecular weight excluding hydrogens is 599 g/mol. The Bertz CT molecular complexity index is 2040. The highest BCUT2D eigenvalue weighted by Crippen LogP contribution is 2.27. The maximum absolute atomic E-state index is 13.2. The summed E-state index contributed by atoms with van der Waals surface area (Å²) in [6, 6.07) is 31.8. The first-order chi connectivity index (χ1) is 22.8. The van der Waals surface area contributed by atoms with E-state index in [0.29, 0.717) is 28.5 Å². The van der Waals surface area contributed by atoms with Gasteiger partial charge in [-0.2, -0.15) is 5.10 Å². The van der Waals surface area contributed by atoms with E-state index in [0.717, 1.165) is 27.8 Å². The van der Waals surface area contributed by atoms with E-state index in [2.05, 4.69) is 46.4 Å². The molecule has 0 saturated carbocycles. The highest BCUT2D eigenvalue weighted by Gasteiger charge is 2.13. The minimum atomic E-state index is -0.546. The average molecular weight is 631 g/mol. The number of carbonyl (C=O) groups is 2. The van der Waals surface area contributed by atoms with Crippen LogP contribution in [0.3, 0.4) is 0 Å². The molecule has 0 unspecified atom stereocenters. The number of halogens is 1. The summed E-state index contributed by atoms with van der Waals surface area (Å²) < 4.78 is 32.7. The van der Waals surface area contributed by atoms with Gasteiger partial charge < -0.3 is 23.8 Å². The van der Waals surface area contributed by atoms with E-state index < -0.39 is 17.6 Å². The normalized spacial score (nSPS) is 11.1. The lowest BCUT2D eigenvalue weighted by molar-refractivity contribution is -0.118. The molecule has 0 atom stereocenters. The summed E-state index contributed by atoms with van der Waals surface area (Å²) in [4.78, 5) is 25.3. The van der Waals surface area contributed by atoms with Gasteiger partial charge in [-0.3, -0.25) is 9.59 Å². The van der Waals surface area contributed by atoms with Gasteiger partial charge in [0.2, 0.25) is 0 Å². The first-order valence-corrected chi connectivity index (χ1v) is 14.8. The number of hydrogen-bond acceptors (Lipinski definition) is 6. The van der Waals surface area contributed by atoms with Crippen molar-refractivity contribution >= 4 is 34.5 Å². The van der Waals surface area contributed by atoms with Crippen LogP contribution in [0.5, 0.6) is 11.5 Å². The second kappa shape index (κ2) is 13.9. The number of amides is 2. The molecule has 2 amide bonds. The number of ether oxygens (including phenoxy) is 2. The number of hydrazone groups is 1. The number of nitrogens with zero attached hydrogens (tertiary/aromatic N) is 2. The third-order valence-corrected chi connectivity index (χ3v) is 7.41. The fraction of sp³-hybridized carbons (Fsp3) is 0.108. The topological polar surface area (TPSA) is 107 Å². The molecule has 10 heteroatoms. The lowest BCUT2D eigenvalue weighted by atomic mass is 10.0. The Labute approximate surface area is 270 Å². The molecule has 236 valence electrons.